The summed E-state index contributed by atoms with van der Waals surface area (Å²) in [6, 6.07) is 10.5. The quantitative estimate of drug-likeness (QED) is 0.757. The maximum Gasteiger partial charge on any atom is 0.264 e. The number of aromatic nitrogens is 2. The zero-order valence-corrected chi connectivity index (χ0v) is 18.7. The zero-order valence-electron chi connectivity index (χ0n) is 17.9. The summed E-state index contributed by atoms with van der Waals surface area (Å²) >= 11 is 1.13. The molecular weight excluding hydrogens is 398 g/mol. The number of amides is 1. The van der Waals surface area contributed by atoms with Crippen LogP contribution in [-0.2, 0) is 11.2 Å². The van der Waals surface area contributed by atoms with Crippen LogP contribution in [0.3, 0.4) is 0 Å². The van der Waals surface area contributed by atoms with Crippen LogP contribution in [0.4, 0.5) is 0 Å². The van der Waals surface area contributed by atoms with Gasteiger partial charge in [0.2, 0.25) is 0 Å². The van der Waals surface area contributed by atoms with E-state index in [0.29, 0.717) is 23.8 Å². The molecule has 2 aliphatic rings. The van der Waals surface area contributed by atoms with Crippen molar-refractivity contribution < 1.29 is 14.6 Å². The molecule has 2 bridgehead atoms. The molecule has 2 aliphatic heterocycles. The molecule has 2 N–H and O–H groups in total. The second-order valence-corrected chi connectivity index (χ2v) is 9.99. The predicted octanol–water partition coefficient (Wildman–Crippen LogP) is 3.71. The van der Waals surface area contributed by atoms with Gasteiger partial charge in [-0.15, -0.1) is 5.10 Å². The van der Waals surface area contributed by atoms with E-state index < -0.39 is 11.7 Å². The number of aryl methyl sites for hydroxylation is 1. The Hall–Kier alpha value is -1.83. The van der Waals surface area contributed by atoms with Gasteiger partial charge in [0.15, 0.2) is 0 Å². The molecule has 0 aliphatic carbocycles. The topological polar surface area (TPSA) is 84.3 Å². The van der Waals surface area contributed by atoms with Gasteiger partial charge in [0.05, 0.1) is 23.0 Å². The van der Waals surface area contributed by atoms with Gasteiger partial charge >= 0.3 is 0 Å². The van der Waals surface area contributed by atoms with E-state index in [-0.39, 0.29) is 17.4 Å². The van der Waals surface area contributed by atoms with Crippen molar-refractivity contribution in [2.75, 3.05) is 6.54 Å². The highest BCUT2D eigenvalue weighted by molar-refractivity contribution is 7.08. The SMILES string of the molecule is CCc1nnsc1C(=O)NC[C@@H]1CC[C@@]2(C)C[C@H](c3ccccc3)C[C@](C)(O2)[C@H]1O. The van der Waals surface area contributed by atoms with Gasteiger partial charge in [-0.2, -0.15) is 0 Å². The Balaban J connectivity index is 1.49. The van der Waals surface area contributed by atoms with Crippen LogP contribution in [0.15, 0.2) is 30.3 Å². The molecule has 0 spiro atoms. The van der Waals surface area contributed by atoms with Crippen LogP contribution < -0.4 is 5.32 Å². The molecule has 6 nitrogen and oxygen atoms in total. The van der Waals surface area contributed by atoms with Gasteiger partial charge < -0.3 is 15.2 Å². The van der Waals surface area contributed by atoms with Crippen molar-refractivity contribution in [1.82, 2.24) is 14.9 Å². The van der Waals surface area contributed by atoms with Crippen LogP contribution in [0.2, 0.25) is 0 Å². The van der Waals surface area contributed by atoms with Crippen molar-refractivity contribution >= 4 is 17.4 Å². The molecule has 2 aromatic rings. The molecule has 0 radical (unpaired) electrons. The van der Waals surface area contributed by atoms with Gasteiger partial charge in [0.25, 0.3) is 5.91 Å². The predicted molar refractivity (Wildman–Crippen MR) is 117 cm³/mol. The molecule has 2 fully saturated rings. The number of benzene rings is 1. The number of aliphatic hydroxyl groups is 1. The van der Waals surface area contributed by atoms with E-state index in [0.717, 1.165) is 42.9 Å². The summed E-state index contributed by atoms with van der Waals surface area (Å²) in [4.78, 5) is 13.2. The van der Waals surface area contributed by atoms with E-state index in [2.05, 4.69) is 46.1 Å². The van der Waals surface area contributed by atoms with E-state index in [1.54, 1.807) is 0 Å². The Bertz CT molecular complexity index is 889. The van der Waals surface area contributed by atoms with Crippen LogP contribution in [0.5, 0.6) is 0 Å². The summed E-state index contributed by atoms with van der Waals surface area (Å²) in [5, 5.41) is 18.4. The van der Waals surface area contributed by atoms with E-state index in [4.69, 9.17) is 4.74 Å². The number of carbonyl (C=O) groups excluding carboxylic acids is 1. The largest absolute Gasteiger partial charge is 0.390 e. The Labute approximate surface area is 182 Å². The summed E-state index contributed by atoms with van der Waals surface area (Å²) in [6.07, 6.45) is 3.44. The van der Waals surface area contributed by atoms with Gasteiger partial charge in [0.1, 0.15) is 4.88 Å². The first-order chi connectivity index (χ1) is 14.3. The Morgan fingerprint density at radius 1 is 1.30 bits per heavy atom. The van der Waals surface area contributed by atoms with E-state index >= 15 is 0 Å². The number of fused-ring (bicyclic) bond motifs is 2. The lowest BCUT2D eigenvalue weighted by molar-refractivity contribution is -0.215. The maximum absolute atomic E-state index is 12.6. The van der Waals surface area contributed by atoms with E-state index in [1.807, 2.05) is 19.9 Å². The number of carbonyl (C=O) groups is 1. The second kappa shape index (κ2) is 8.36. The number of hydrogen-bond donors (Lipinski definition) is 2. The number of nitrogens with zero attached hydrogens (tertiary/aromatic N) is 2. The molecule has 0 saturated carbocycles. The molecule has 7 heteroatoms. The van der Waals surface area contributed by atoms with Crippen molar-refractivity contribution in [2.24, 2.45) is 5.92 Å². The number of rotatable bonds is 5. The average molecular weight is 430 g/mol. The third-order valence-corrected chi connectivity index (χ3v) is 7.59. The Morgan fingerprint density at radius 2 is 2.07 bits per heavy atom. The fourth-order valence-corrected chi connectivity index (χ4v) is 5.97. The molecule has 1 aromatic heterocycles. The summed E-state index contributed by atoms with van der Waals surface area (Å²) in [6.45, 7) is 6.59. The molecule has 1 aromatic carbocycles. The fourth-order valence-electron chi connectivity index (χ4n) is 5.30. The highest BCUT2D eigenvalue weighted by atomic mass is 32.1. The molecule has 4 rings (SSSR count). The molecular formula is C23H31N3O3S. The smallest absolute Gasteiger partial charge is 0.264 e. The van der Waals surface area contributed by atoms with Gasteiger partial charge in [0, 0.05) is 12.5 Å². The monoisotopic (exact) mass is 429 g/mol. The fraction of sp³-hybridized carbons (Fsp3) is 0.609. The van der Waals surface area contributed by atoms with Crippen LogP contribution in [0, 0.1) is 5.92 Å². The van der Waals surface area contributed by atoms with Gasteiger partial charge in [-0.1, -0.05) is 41.7 Å². The summed E-state index contributed by atoms with van der Waals surface area (Å²) < 4.78 is 10.5. The minimum atomic E-state index is -0.642. The second-order valence-electron chi connectivity index (χ2n) is 9.24. The highest BCUT2D eigenvalue weighted by Gasteiger charge is 2.52. The highest BCUT2D eigenvalue weighted by Crippen LogP contribution is 2.50. The molecule has 2 saturated heterocycles. The number of hydrogen-bond acceptors (Lipinski definition) is 6. The summed E-state index contributed by atoms with van der Waals surface area (Å²) in [5.74, 6) is 0.148. The lowest BCUT2D eigenvalue weighted by Crippen LogP contribution is -2.54. The normalized spacial score (nSPS) is 33.7. The summed E-state index contributed by atoms with van der Waals surface area (Å²) in [5.41, 5.74) is 1.12. The van der Waals surface area contributed by atoms with Crippen molar-refractivity contribution in [3.63, 3.8) is 0 Å². The molecule has 3 heterocycles. The molecule has 0 unspecified atom stereocenters. The van der Waals surface area contributed by atoms with Crippen LogP contribution in [0.1, 0.15) is 73.3 Å². The van der Waals surface area contributed by atoms with Crippen LogP contribution in [-0.4, -0.2) is 44.5 Å². The number of aliphatic hydroxyl groups excluding tert-OH is 1. The molecule has 1 amide bonds. The summed E-state index contributed by atoms with van der Waals surface area (Å²) in [7, 11) is 0. The van der Waals surface area contributed by atoms with E-state index in [9.17, 15) is 9.90 Å². The lowest BCUT2D eigenvalue weighted by atomic mass is 9.74. The number of nitrogens with one attached hydrogen (secondary N) is 1. The molecule has 30 heavy (non-hydrogen) atoms. The van der Waals surface area contributed by atoms with Gasteiger partial charge in [-0.05, 0) is 69.0 Å². The third kappa shape index (κ3) is 4.15. The lowest BCUT2D eigenvalue weighted by Gasteiger charge is -2.49. The van der Waals surface area contributed by atoms with Crippen molar-refractivity contribution in [1.29, 1.82) is 0 Å². The maximum atomic E-state index is 12.6. The Morgan fingerprint density at radius 3 is 2.80 bits per heavy atom. The van der Waals surface area contributed by atoms with Gasteiger partial charge in [-0.3, -0.25) is 4.79 Å². The van der Waals surface area contributed by atoms with Crippen LogP contribution in [0.25, 0.3) is 0 Å². The van der Waals surface area contributed by atoms with Crippen LogP contribution >= 0.6 is 11.5 Å². The Kier molecular flexibility index (Phi) is 5.97. The third-order valence-electron chi connectivity index (χ3n) is 6.82. The zero-order chi connectivity index (χ0) is 21.4. The van der Waals surface area contributed by atoms with E-state index in [1.165, 1.54) is 5.56 Å². The first kappa shape index (κ1) is 21.4. The molecule has 5 atom stereocenters. The van der Waals surface area contributed by atoms with Crippen molar-refractivity contribution in [3.8, 4) is 0 Å². The first-order valence-electron chi connectivity index (χ1n) is 10.9. The first-order valence-corrected chi connectivity index (χ1v) is 11.6. The molecule has 162 valence electrons. The van der Waals surface area contributed by atoms with Crippen molar-refractivity contribution in [3.05, 3.63) is 46.5 Å². The van der Waals surface area contributed by atoms with Gasteiger partial charge in [-0.25, -0.2) is 0 Å². The minimum absolute atomic E-state index is 0.0544. The minimum Gasteiger partial charge on any atom is -0.390 e. The standard InChI is InChI=1S/C23H31N3O3S/c1-4-18-19(30-26-25-18)21(28)24-14-16-10-11-22(2)12-17(15-8-6-5-7-9-15)13-23(3,29-22)20(16)27/h5-9,16-17,20,27H,4,10-14H2,1-3H3,(H,24,28)/t16-,17-,20-,22-,23-/m0/s1. The van der Waals surface area contributed by atoms with Crippen molar-refractivity contribution in [2.45, 2.75) is 76.1 Å². The number of ether oxygens (including phenoxy) is 1. The average Bonchev–Trinajstić information content (AvgIpc) is 3.20.